The number of carbonyl (C=O) groups is 1. The van der Waals surface area contributed by atoms with Gasteiger partial charge < -0.3 is 4.79 Å². The predicted octanol–water partition coefficient (Wildman–Crippen LogP) is 2.73. The van der Waals surface area contributed by atoms with Crippen LogP contribution in [0, 0.1) is 5.92 Å². The highest BCUT2D eigenvalue weighted by Gasteiger charge is 1.99. The monoisotopic (exact) mass is 152 g/mol. The van der Waals surface area contributed by atoms with Crippen LogP contribution in [0.15, 0.2) is 24.8 Å². The van der Waals surface area contributed by atoms with Crippen molar-refractivity contribution < 1.29 is 4.79 Å². The summed E-state index contributed by atoms with van der Waals surface area (Å²) in [7, 11) is 0. The smallest absolute Gasteiger partial charge is 0.120 e. The fraction of sp³-hybridized carbons (Fsp3) is 0.500. The highest BCUT2D eigenvalue weighted by atomic mass is 16.1. The van der Waals surface area contributed by atoms with E-state index in [1.807, 2.05) is 6.08 Å². The number of hydrogen-bond acceptors (Lipinski definition) is 1. The summed E-state index contributed by atoms with van der Waals surface area (Å²) in [5, 5.41) is 0. The fourth-order valence-corrected chi connectivity index (χ4v) is 0.920. The Labute approximate surface area is 68.8 Å². The first kappa shape index (κ1) is 10.2. The molecule has 1 nitrogen and oxygen atoms in total. The Bertz CT molecular complexity index is 126. The lowest BCUT2D eigenvalue weighted by atomic mass is 10.0. The maximum Gasteiger partial charge on any atom is 0.120 e. The molecule has 0 amide bonds. The minimum Gasteiger partial charge on any atom is -0.303 e. The maximum atomic E-state index is 10.2. The molecule has 0 bridgehead atoms. The van der Waals surface area contributed by atoms with Crippen LogP contribution in [0.25, 0.3) is 0 Å². The van der Waals surface area contributed by atoms with E-state index in [0.29, 0.717) is 12.3 Å². The second-order valence-electron chi connectivity index (χ2n) is 2.52. The first-order valence-corrected chi connectivity index (χ1v) is 4.06. The van der Waals surface area contributed by atoms with Gasteiger partial charge in [0.05, 0.1) is 0 Å². The van der Waals surface area contributed by atoms with Crippen molar-refractivity contribution in [3.63, 3.8) is 0 Å². The normalized spacial score (nSPS) is 13.2. The van der Waals surface area contributed by atoms with Crippen molar-refractivity contribution in [2.45, 2.75) is 26.2 Å². The van der Waals surface area contributed by atoms with E-state index in [9.17, 15) is 4.79 Å². The van der Waals surface area contributed by atoms with Gasteiger partial charge in [0.25, 0.3) is 0 Å². The van der Waals surface area contributed by atoms with E-state index < -0.39 is 0 Å². The van der Waals surface area contributed by atoms with Crippen molar-refractivity contribution in [1.29, 1.82) is 0 Å². The Morgan fingerprint density at radius 3 is 2.64 bits per heavy atom. The van der Waals surface area contributed by atoms with Gasteiger partial charge in [-0.2, -0.15) is 0 Å². The van der Waals surface area contributed by atoms with Crippen molar-refractivity contribution in [2.75, 3.05) is 0 Å². The van der Waals surface area contributed by atoms with Crippen molar-refractivity contribution >= 4 is 6.29 Å². The van der Waals surface area contributed by atoms with Gasteiger partial charge in [0.2, 0.25) is 0 Å². The summed E-state index contributed by atoms with van der Waals surface area (Å²) < 4.78 is 0. The zero-order valence-corrected chi connectivity index (χ0v) is 7.12. The number of allylic oxidation sites excluding steroid dienone is 3. The van der Waals surface area contributed by atoms with Crippen LogP contribution in [-0.4, -0.2) is 6.29 Å². The van der Waals surface area contributed by atoms with Crippen LogP contribution in [0.5, 0.6) is 0 Å². The van der Waals surface area contributed by atoms with Gasteiger partial charge >= 0.3 is 0 Å². The third-order valence-corrected chi connectivity index (χ3v) is 1.51. The number of hydrogen-bond donors (Lipinski definition) is 0. The van der Waals surface area contributed by atoms with Crippen LogP contribution in [0.1, 0.15) is 26.2 Å². The van der Waals surface area contributed by atoms with E-state index in [1.165, 1.54) is 0 Å². The second kappa shape index (κ2) is 7.26. The molecule has 0 aromatic heterocycles. The largest absolute Gasteiger partial charge is 0.303 e. The fourth-order valence-electron chi connectivity index (χ4n) is 0.920. The zero-order valence-electron chi connectivity index (χ0n) is 7.12. The lowest BCUT2D eigenvalue weighted by Crippen LogP contribution is -1.94. The van der Waals surface area contributed by atoms with E-state index in [4.69, 9.17) is 0 Å². The summed E-state index contributed by atoms with van der Waals surface area (Å²) in [6, 6.07) is 0. The van der Waals surface area contributed by atoms with Gasteiger partial charge in [-0.3, -0.25) is 0 Å². The topological polar surface area (TPSA) is 17.1 Å². The zero-order chi connectivity index (χ0) is 8.53. The molecule has 0 heterocycles. The molecular weight excluding hydrogens is 136 g/mol. The molecular formula is C10H16O. The molecule has 0 aliphatic rings. The molecule has 0 aromatic carbocycles. The van der Waals surface area contributed by atoms with E-state index in [2.05, 4.69) is 25.7 Å². The lowest BCUT2D eigenvalue weighted by Gasteiger charge is -2.03. The molecule has 11 heavy (non-hydrogen) atoms. The van der Waals surface area contributed by atoms with Crippen LogP contribution in [-0.2, 0) is 4.79 Å². The van der Waals surface area contributed by atoms with Gasteiger partial charge in [0.1, 0.15) is 6.29 Å². The summed E-state index contributed by atoms with van der Waals surface area (Å²) in [6.07, 6.45) is 9.56. The summed E-state index contributed by atoms with van der Waals surface area (Å²) in [6.45, 7) is 5.73. The molecule has 0 spiro atoms. The number of carbonyl (C=O) groups excluding carboxylic acids is 1. The third-order valence-electron chi connectivity index (χ3n) is 1.51. The Balaban J connectivity index is 3.76. The van der Waals surface area contributed by atoms with Crippen LogP contribution in [0.2, 0.25) is 0 Å². The van der Waals surface area contributed by atoms with Crippen molar-refractivity contribution in [2.24, 2.45) is 5.92 Å². The first-order valence-electron chi connectivity index (χ1n) is 4.06. The van der Waals surface area contributed by atoms with Crippen LogP contribution in [0.4, 0.5) is 0 Å². The van der Waals surface area contributed by atoms with Gasteiger partial charge in [-0.1, -0.05) is 25.2 Å². The molecule has 0 rings (SSSR count). The molecule has 0 aromatic rings. The van der Waals surface area contributed by atoms with Gasteiger partial charge in [0.15, 0.2) is 0 Å². The minimum absolute atomic E-state index is 0.366. The molecule has 0 N–H and O–H groups in total. The number of aldehydes is 1. The maximum absolute atomic E-state index is 10.2. The molecule has 0 aliphatic carbocycles. The standard InChI is InChI=1S/C10H16O/c1-3-5-7-10(6-4-2)8-9-11/h4-5,7,9-10H,2-3,6,8H2,1H3/t10-/m0/s1. The van der Waals surface area contributed by atoms with Crippen molar-refractivity contribution in [1.82, 2.24) is 0 Å². The van der Waals surface area contributed by atoms with Gasteiger partial charge in [-0.15, -0.1) is 6.58 Å². The average Bonchev–Trinajstić information content (AvgIpc) is 2.01. The van der Waals surface area contributed by atoms with Crippen LogP contribution >= 0.6 is 0 Å². The van der Waals surface area contributed by atoms with E-state index in [-0.39, 0.29) is 0 Å². The summed E-state index contributed by atoms with van der Waals surface area (Å²) in [5.41, 5.74) is 0. The average molecular weight is 152 g/mol. The van der Waals surface area contributed by atoms with E-state index >= 15 is 0 Å². The molecule has 0 unspecified atom stereocenters. The molecule has 0 aliphatic heterocycles. The SMILES string of the molecule is C=CC[C@@H](C=CCC)CC=O. The predicted molar refractivity (Wildman–Crippen MR) is 48.4 cm³/mol. The van der Waals surface area contributed by atoms with E-state index in [0.717, 1.165) is 19.1 Å². The molecule has 0 saturated heterocycles. The van der Waals surface area contributed by atoms with Crippen molar-refractivity contribution in [3.05, 3.63) is 24.8 Å². The summed E-state index contributed by atoms with van der Waals surface area (Å²) in [5.74, 6) is 0.366. The minimum atomic E-state index is 0.366. The summed E-state index contributed by atoms with van der Waals surface area (Å²) >= 11 is 0. The van der Waals surface area contributed by atoms with Gasteiger partial charge in [-0.25, -0.2) is 0 Å². The Morgan fingerprint density at radius 1 is 1.45 bits per heavy atom. The molecule has 0 fully saturated rings. The lowest BCUT2D eigenvalue weighted by molar-refractivity contribution is -0.108. The first-order chi connectivity index (χ1) is 5.35. The Morgan fingerprint density at radius 2 is 2.18 bits per heavy atom. The van der Waals surface area contributed by atoms with Crippen LogP contribution < -0.4 is 0 Å². The summed E-state index contributed by atoms with van der Waals surface area (Å²) in [4.78, 5) is 10.2. The molecule has 1 atom stereocenters. The number of rotatable bonds is 6. The molecule has 0 radical (unpaired) electrons. The third kappa shape index (κ3) is 5.59. The quantitative estimate of drug-likeness (QED) is 0.422. The van der Waals surface area contributed by atoms with Gasteiger partial charge in [0, 0.05) is 6.42 Å². The molecule has 1 heteroatoms. The van der Waals surface area contributed by atoms with Gasteiger partial charge in [-0.05, 0) is 18.8 Å². The molecule has 62 valence electrons. The van der Waals surface area contributed by atoms with Crippen molar-refractivity contribution in [3.8, 4) is 0 Å². The molecule has 0 saturated carbocycles. The highest BCUT2D eigenvalue weighted by Crippen LogP contribution is 2.09. The van der Waals surface area contributed by atoms with Crippen LogP contribution in [0.3, 0.4) is 0 Å². The Kier molecular flexibility index (Phi) is 6.70. The highest BCUT2D eigenvalue weighted by molar-refractivity contribution is 5.50. The Hall–Kier alpha value is -0.850. The second-order valence-corrected chi connectivity index (χ2v) is 2.52. The van der Waals surface area contributed by atoms with E-state index in [1.54, 1.807) is 0 Å².